The standard InChI is InChI=1S/C22H26F3N5O4.ClH/c1-3-13-4-11-6-15(34-16(11)7-26-13)17-10(2)28-21(27-9-22(23,24)25)30-20(17)29-14-5-12(8-31)18(32)19(14)33;/h4,6-7,12,14,18-19,31-33H,3,5,8-9H2,1-2H3,(H2,27,28,29,30);1H/t12-,14-,18-,19+;/m1./s1. The number of aryl methyl sites for hydroxylation is 2. The first-order chi connectivity index (χ1) is 16.1. The molecule has 0 bridgehead atoms. The van der Waals surface area contributed by atoms with Crippen LogP contribution in [0.15, 0.2) is 22.7 Å². The van der Waals surface area contributed by atoms with Gasteiger partial charge in [-0.3, -0.25) is 4.98 Å². The molecule has 1 aliphatic carbocycles. The van der Waals surface area contributed by atoms with Gasteiger partial charge in [-0.15, -0.1) is 12.4 Å². The van der Waals surface area contributed by atoms with Crippen LogP contribution < -0.4 is 10.6 Å². The van der Waals surface area contributed by atoms with E-state index in [2.05, 4.69) is 25.6 Å². The Hall–Kier alpha value is -2.67. The number of alkyl halides is 3. The molecule has 5 N–H and O–H groups in total. The van der Waals surface area contributed by atoms with Gasteiger partial charge in [0.15, 0.2) is 5.58 Å². The van der Waals surface area contributed by atoms with Gasteiger partial charge in [0.25, 0.3) is 0 Å². The van der Waals surface area contributed by atoms with Gasteiger partial charge in [-0.1, -0.05) is 6.92 Å². The molecule has 0 spiro atoms. The average Bonchev–Trinajstić information content (AvgIpc) is 3.32. The molecule has 192 valence electrons. The minimum absolute atomic E-state index is 0. The second-order valence-corrected chi connectivity index (χ2v) is 8.41. The molecule has 0 unspecified atom stereocenters. The molecule has 4 rings (SSSR count). The smallest absolute Gasteiger partial charge is 0.405 e. The van der Waals surface area contributed by atoms with Crippen molar-refractivity contribution >= 4 is 35.1 Å². The molecule has 3 aromatic rings. The van der Waals surface area contributed by atoms with E-state index in [0.29, 0.717) is 22.6 Å². The molecule has 1 fully saturated rings. The average molecular weight is 518 g/mol. The summed E-state index contributed by atoms with van der Waals surface area (Å²) in [5, 5.41) is 36.1. The number of aromatic nitrogens is 3. The Labute approximate surface area is 205 Å². The molecule has 0 radical (unpaired) electrons. The summed E-state index contributed by atoms with van der Waals surface area (Å²) in [6, 6.07) is 2.95. The van der Waals surface area contributed by atoms with E-state index in [-0.39, 0.29) is 37.2 Å². The van der Waals surface area contributed by atoms with Gasteiger partial charge >= 0.3 is 6.18 Å². The summed E-state index contributed by atoms with van der Waals surface area (Å²) in [7, 11) is 0. The highest BCUT2D eigenvalue weighted by Gasteiger charge is 2.41. The number of hydrogen-bond donors (Lipinski definition) is 5. The highest BCUT2D eigenvalue weighted by Crippen LogP contribution is 2.37. The minimum Gasteiger partial charge on any atom is -0.454 e. The van der Waals surface area contributed by atoms with E-state index in [4.69, 9.17) is 4.42 Å². The van der Waals surface area contributed by atoms with Crippen molar-refractivity contribution in [1.29, 1.82) is 0 Å². The summed E-state index contributed by atoms with van der Waals surface area (Å²) in [6.07, 6.45) is -4.26. The fraction of sp³-hybridized carbons (Fsp3) is 0.500. The normalized spacial score (nSPS) is 22.3. The van der Waals surface area contributed by atoms with Crippen LogP contribution in [0.1, 0.15) is 24.7 Å². The van der Waals surface area contributed by atoms with Crippen molar-refractivity contribution in [1.82, 2.24) is 15.0 Å². The number of nitrogens with zero attached hydrogens (tertiary/aromatic N) is 3. The number of aliphatic hydroxyl groups is 3. The highest BCUT2D eigenvalue weighted by molar-refractivity contribution is 5.86. The molecule has 0 aromatic carbocycles. The van der Waals surface area contributed by atoms with Crippen LogP contribution in [0.5, 0.6) is 0 Å². The first kappa shape index (κ1) is 26.9. The molecule has 1 aliphatic rings. The first-order valence-corrected chi connectivity index (χ1v) is 10.9. The zero-order valence-corrected chi connectivity index (χ0v) is 19.8. The maximum atomic E-state index is 12.7. The van der Waals surface area contributed by atoms with Crippen LogP contribution in [0.4, 0.5) is 24.9 Å². The monoisotopic (exact) mass is 517 g/mol. The van der Waals surface area contributed by atoms with Gasteiger partial charge in [0.05, 0.1) is 29.6 Å². The van der Waals surface area contributed by atoms with Gasteiger partial charge in [0.2, 0.25) is 5.95 Å². The quantitative estimate of drug-likeness (QED) is 0.320. The van der Waals surface area contributed by atoms with Gasteiger partial charge in [-0.2, -0.15) is 18.2 Å². The van der Waals surface area contributed by atoms with Crippen molar-refractivity contribution < 1.29 is 32.9 Å². The Balaban J connectivity index is 0.00000342. The number of rotatable bonds is 7. The van der Waals surface area contributed by atoms with Crippen LogP contribution in [0.3, 0.4) is 0 Å². The molecule has 4 atom stereocenters. The lowest BCUT2D eigenvalue weighted by atomic mass is 10.1. The van der Waals surface area contributed by atoms with Gasteiger partial charge < -0.3 is 30.4 Å². The number of hydrogen-bond acceptors (Lipinski definition) is 9. The summed E-state index contributed by atoms with van der Waals surface area (Å²) in [5.74, 6) is -0.292. The van der Waals surface area contributed by atoms with Crippen molar-refractivity contribution in [3.8, 4) is 11.3 Å². The Morgan fingerprint density at radius 2 is 1.91 bits per heavy atom. The number of halogens is 4. The van der Waals surface area contributed by atoms with Crippen LogP contribution in [0.2, 0.25) is 0 Å². The van der Waals surface area contributed by atoms with Crippen molar-refractivity contribution in [3.05, 3.63) is 29.7 Å². The van der Waals surface area contributed by atoms with E-state index in [1.54, 1.807) is 19.2 Å². The second kappa shape index (κ2) is 10.5. The number of nitrogens with one attached hydrogen (secondary N) is 2. The molecular formula is C22H27ClF3N5O4. The Kier molecular flexibility index (Phi) is 8.10. The fourth-order valence-electron chi connectivity index (χ4n) is 4.16. The fourth-order valence-corrected chi connectivity index (χ4v) is 4.16. The molecule has 3 heterocycles. The van der Waals surface area contributed by atoms with Crippen LogP contribution >= 0.6 is 12.4 Å². The predicted molar refractivity (Wildman–Crippen MR) is 126 cm³/mol. The molecule has 1 saturated carbocycles. The SMILES string of the molecule is CCc1cc2cc(-c3c(C)nc(NCC(F)(F)F)nc3N[C@@H]3C[C@H](CO)[C@@H](O)[C@H]3O)oc2cn1.Cl. The number of anilines is 2. The maximum Gasteiger partial charge on any atom is 0.405 e. The van der Waals surface area contributed by atoms with E-state index < -0.39 is 36.9 Å². The van der Waals surface area contributed by atoms with Crippen LogP contribution in [0, 0.1) is 12.8 Å². The number of pyridine rings is 1. The molecule has 13 heteroatoms. The molecule has 0 amide bonds. The molecule has 9 nitrogen and oxygen atoms in total. The Bertz CT molecular complexity index is 1180. The third-order valence-corrected chi connectivity index (χ3v) is 5.96. The van der Waals surface area contributed by atoms with E-state index in [0.717, 1.165) is 17.5 Å². The summed E-state index contributed by atoms with van der Waals surface area (Å²) >= 11 is 0. The first-order valence-electron chi connectivity index (χ1n) is 10.9. The molecule has 3 aromatic heterocycles. The van der Waals surface area contributed by atoms with E-state index in [1.807, 2.05) is 13.0 Å². The summed E-state index contributed by atoms with van der Waals surface area (Å²) in [5.41, 5.74) is 2.14. The lowest BCUT2D eigenvalue weighted by molar-refractivity contribution is -0.115. The van der Waals surface area contributed by atoms with Gasteiger partial charge in [-0.05, 0) is 31.9 Å². The third-order valence-electron chi connectivity index (χ3n) is 5.96. The molecule has 0 saturated heterocycles. The zero-order chi connectivity index (χ0) is 24.6. The predicted octanol–water partition coefficient (Wildman–Crippen LogP) is 3.07. The van der Waals surface area contributed by atoms with Gasteiger partial charge in [0.1, 0.15) is 24.2 Å². The molecule has 35 heavy (non-hydrogen) atoms. The van der Waals surface area contributed by atoms with E-state index >= 15 is 0 Å². The van der Waals surface area contributed by atoms with Crippen molar-refractivity contribution in [2.45, 2.75) is 51.1 Å². The number of furan rings is 1. The van der Waals surface area contributed by atoms with Crippen LogP contribution in [0.25, 0.3) is 22.3 Å². The Morgan fingerprint density at radius 3 is 2.54 bits per heavy atom. The van der Waals surface area contributed by atoms with E-state index in [1.165, 1.54) is 0 Å². The van der Waals surface area contributed by atoms with E-state index in [9.17, 15) is 28.5 Å². The van der Waals surface area contributed by atoms with Crippen molar-refractivity contribution in [2.24, 2.45) is 5.92 Å². The van der Waals surface area contributed by atoms with Crippen LogP contribution in [-0.2, 0) is 6.42 Å². The minimum atomic E-state index is -4.47. The van der Waals surface area contributed by atoms with Crippen molar-refractivity contribution in [3.63, 3.8) is 0 Å². The lowest BCUT2D eigenvalue weighted by Crippen LogP contribution is -2.36. The second-order valence-electron chi connectivity index (χ2n) is 8.41. The zero-order valence-electron chi connectivity index (χ0n) is 19.0. The van der Waals surface area contributed by atoms with Crippen molar-refractivity contribution in [2.75, 3.05) is 23.8 Å². The maximum absolute atomic E-state index is 12.7. The number of fused-ring (bicyclic) bond motifs is 1. The molecular weight excluding hydrogens is 491 g/mol. The third kappa shape index (κ3) is 5.77. The molecule has 0 aliphatic heterocycles. The topological polar surface area (TPSA) is 137 Å². The van der Waals surface area contributed by atoms with Crippen LogP contribution in [-0.4, -0.2) is 67.8 Å². The van der Waals surface area contributed by atoms with Gasteiger partial charge in [-0.25, -0.2) is 4.98 Å². The van der Waals surface area contributed by atoms with Gasteiger partial charge in [0, 0.05) is 23.6 Å². The number of aliphatic hydroxyl groups excluding tert-OH is 3. The Morgan fingerprint density at radius 1 is 1.17 bits per heavy atom. The summed E-state index contributed by atoms with van der Waals surface area (Å²) < 4.78 is 44.1. The summed E-state index contributed by atoms with van der Waals surface area (Å²) in [6.45, 7) is 1.95. The summed E-state index contributed by atoms with van der Waals surface area (Å²) in [4.78, 5) is 12.7. The highest BCUT2D eigenvalue weighted by atomic mass is 35.5. The lowest BCUT2D eigenvalue weighted by Gasteiger charge is -2.21. The largest absolute Gasteiger partial charge is 0.454 e.